The number of carbonyl (C=O) groups excluding carboxylic acids is 3. The van der Waals surface area contributed by atoms with Crippen LogP contribution in [0.25, 0.3) is 0 Å². The van der Waals surface area contributed by atoms with Gasteiger partial charge >= 0.3 is 11.8 Å². The predicted molar refractivity (Wildman–Crippen MR) is 90.3 cm³/mol. The van der Waals surface area contributed by atoms with E-state index >= 15 is 0 Å². The number of carbonyl (C=O) groups is 3. The Kier molecular flexibility index (Phi) is 5.57. The van der Waals surface area contributed by atoms with Crippen molar-refractivity contribution in [3.8, 4) is 0 Å². The topological polar surface area (TPSA) is 114 Å². The molecule has 8 heteroatoms. The Hall–Kier alpha value is -3.55. The van der Waals surface area contributed by atoms with E-state index < -0.39 is 17.7 Å². The van der Waals surface area contributed by atoms with Gasteiger partial charge in [0.05, 0.1) is 5.71 Å². The fourth-order valence-electron chi connectivity index (χ4n) is 1.85. The average Bonchev–Trinajstić information content (AvgIpc) is 2.60. The van der Waals surface area contributed by atoms with Crippen molar-refractivity contribution in [3.63, 3.8) is 0 Å². The zero-order valence-electron chi connectivity index (χ0n) is 13.2. The third kappa shape index (κ3) is 4.96. The number of hydrazone groups is 1. The van der Waals surface area contributed by atoms with Crippen LogP contribution in [-0.2, 0) is 9.59 Å². The van der Waals surface area contributed by atoms with Gasteiger partial charge in [0, 0.05) is 11.3 Å². The molecule has 0 aliphatic heterocycles. The lowest BCUT2D eigenvalue weighted by molar-refractivity contribution is -0.136. The molecule has 0 saturated heterocycles. The highest BCUT2D eigenvalue weighted by atomic mass is 19.1. The second-order valence-electron chi connectivity index (χ2n) is 5.04. The Balaban J connectivity index is 1.95. The summed E-state index contributed by atoms with van der Waals surface area (Å²) in [6, 6.07) is 11.3. The summed E-state index contributed by atoms with van der Waals surface area (Å²) in [6.45, 7) is 1.61. The maximum Gasteiger partial charge on any atom is 0.329 e. The van der Waals surface area contributed by atoms with Crippen molar-refractivity contribution < 1.29 is 18.8 Å². The Morgan fingerprint density at radius 1 is 0.920 bits per heavy atom. The lowest BCUT2D eigenvalue weighted by Gasteiger charge is -2.05. The lowest BCUT2D eigenvalue weighted by Crippen LogP contribution is -2.33. The summed E-state index contributed by atoms with van der Waals surface area (Å²) in [5.41, 5.74) is 8.84. The van der Waals surface area contributed by atoms with Crippen LogP contribution < -0.4 is 16.5 Å². The van der Waals surface area contributed by atoms with Crippen molar-refractivity contribution in [2.75, 3.05) is 5.32 Å². The number of anilines is 1. The number of halogens is 1. The van der Waals surface area contributed by atoms with Crippen molar-refractivity contribution in [1.82, 2.24) is 5.43 Å². The number of hydrogen-bond donors (Lipinski definition) is 3. The van der Waals surface area contributed by atoms with Crippen LogP contribution >= 0.6 is 0 Å². The summed E-state index contributed by atoms with van der Waals surface area (Å²) in [4.78, 5) is 34.5. The minimum Gasteiger partial charge on any atom is -0.366 e. The number of rotatable bonds is 4. The van der Waals surface area contributed by atoms with Crippen LogP contribution in [0.3, 0.4) is 0 Å². The maximum atomic E-state index is 12.9. The largest absolute Gasteiger partial charge is 0.366 e. The van der Waals surface area contributed by atoms with Crippen molar-refractivity contribution >= 4 is 29.1 Å². The van der Waals surface area contributed by atoms with Crippen LogP contribution in [-0.4, -0.2) is 23.4 Å². The first-order chi connectivity index (χ1) is 11.9. The highest BCUT2D eigenvalue weighted by Gasteiger charge is 2.13. The molecule has 0 radical (unpaired) electrons. The molecule has 2 aromatic rings. The maximum absolute atomic E-state index is 12.9. The fraction of sp³-hybridized carbons (Fsp3) is 0.0588. The molecule has 3 amide bonds. The van der Waals surface area contributed by atoms with Gasteiger partial charge in [0.15, 0.2) is 0 Å². The van der Waals surface area contributed by atoms with E-state index in [1.165, 1.54) is 48.5 Å². The summed E-state index contributed by atoms with van der Waals surface area (Å²) in [7, 11) is 0. The Labute approximate surface area is 142 Å². The van der Waals surface area contributed by atoms with Crippen molar-refractivity contribution in [2.45, 2.75) is 6.92 Å². The molecule has 0 bridgehead atoms. The quantitative estimate of drug-likeness (QED) is 0.443. The number of nitrogens with one attached hydrogen (secondary N) is 2. The number of nitrogens with zero attached hydrogens (tertiary/aromatic N) is 1. The zero-order valence-corrected chi connectivity index (χ0v) is 13.2. The summed E-state index contributed by atoms with van der Waals surface area (Å²) in [6.07, 6.45) is 0. The SMILES string of the molecule is CC(=NNC(=O)C(=O)Nc1ccc(C(N)=O)cc1)c1ccc(F)cc1. The molecular formula is C17H15FN4O3. The first kappa shape index (κ1) is 17.8. The summed E-state index contributed by atoms with van der Waals surface area (Å²) in [5, 5.41) is 6.15. The van der Waals surface area contributed by atoms with Gasteiger partial charge in [-0.3, -0.25) is 14.4 Å². The first-order valence-corrected chi connectivity index (χ1v) is 7.18. The second kappa shape index (κ2) is 7.82. The molecule has 0 aliphatic carbocycles. The molecule has 0 spiro atoms. The van der Waals surface area contributed by atoms with Crippen LogP contribution in [0.1, 0.15) is 22.8 Å². The Morgan fingerprint density at radius 2 is 1.48 bits per heavy atom. The van der Waals surface area contributed by atoms with Crippen molar-refractivity contribution in [3.05, 3.63) is 65.5 Å². The third-order valence-electron chi connectivity index (χ3n) is 3.22. The van der Waals surface area contributed by atoms with Gasteiger partial charge in [0.25, 0.3) is 0 Å². The van der Waals surface area contributed by atoms with Gasteiger partial charge in [-0.2, -0.15) is 5.10 Å². The van der Waals surface area contributed by atoms with Gasteiger partial charge < -0.3 is 11.1 Å². The molecule has 0 aromatic heterocycles. The van der Waals surface area contributed by atoms with Crippen LogP contribution in [0, 0.1) is 5.82 Å². The fourth-order valence-corrected chi connectivity index (χ4v) is 1.85. The molecule has 128 valence electrons. The molecule has 4 N–H and O–H groups in total. The molecule has 2 rings (SSSR count). The normalized spacial score (nSPS) is 10.9. The molecule has 0 heterocycles. The lowest BCUT2D eigenvalue weighted by atomic mass is 10.1. The van der Waals surface area contributed by atoms with Gasteiger partial charge in [-0.15, -0.1) is 0 Å². The average molecular weight is 342 g/mol. The number of benzene rings is 2. The highest BCUT2D eigenvalue weighted by Crippen LogP contribution is 2.09. The van der Waals surface area contributed by atoms with Crippen LogP contribution in [0.5, 0.6) is 0 Å². The summed E-state index contributed by atoms with van der Waals surface area (Å²) >= 11 is 0. The monoisotopic (exact) mass is 342 g/mol. The predicted octanol–water partition coefficient (Wildman–Crippen LogP) is 1.40. The van der Waals surface area contributed by atoms with E-state index in [4.69, 9.17) is 5.73 Å². The third-order valence-corrected chi connectivity index (χ3v) is 3.22. The first-order valence-electron chi connectivity index (χ1n) is 7.18. The van der Waals surface area contributed by atoms with Gasteiger partial charge in [-0.25, -0.2) is 9.82 Å². The van der Waals surface area contributed by atoms with Gasteiger partial charge in [0.1, 0.15) is 5.82 Å². The van der Waals surface area contributed by atoms with E-state index in [9.17, 15) is 18.8 Å². The van der Waals surface area contributed by atoms with Crippen molar-refractivity contribution in [2.24, 2.45) is 10.8 Å². The second-order valence-corrected chi connectivity index (χ2v) is 5.04. The number of nitrogens with two attached hydrogens (primary N) is 1. The van der Waals surface area contributed by atoms with Crippen molar-refractivity contribution in [1.29, 1.82) is 0 Å². The summed E-state index contributed by atoms with van der Waals surface area (Å²) in [5.74, 6) is -2.88. The number of hydrogen-bond acceptors (Lipinski definition) is 4. The zero-order chi connectivity index (χ0) is 18.4. The number of amides is 3. The van der Waals surface area contributed by atoms with E-state index in [0.717, 1.165) is 0 Å². The van der Waals surface area contributed by atoms with Crippen LogP contribution in [0.4, 0.5) is 10.1 Å². The van der Waals surface area contributed by atoms with E-state index in [0.29, 0.717) is 17.0 Å². The van der Waals surface area contributed by atoms with E-state index in [1.54, 1.807) is 6.92 Å². The van der Waals surface area contributed by atoms with Gasteiger partial charge in [-0.1, -0.05) is 12.1 Å². The van der Waals surface area contributed by atoms with E-state index in [1.807, 2.05) is 0 Å². The molecule has 0 unspecified atom stereocenters. The van der Waals surface area contributed by atoms with E-state index in [2.05, 4.69) is 15.8 Å². The summed E-state index contributed by atoms with van der Waals surface area (Å²) < 4.78 is 12.9. The van der Waals surface area contributed by atoms with Gasteiger partial charge in [-0.05, 0) is 48.9 Å². The molecule has 25 heavy (non-hydrogen) atoms. The number of primary amides is 1. The Morgan fingerprint density at radius 3 is 2.04 bits per heavy atom. The van der Waals surface area contributed by atoms with Crippen LogP contribution in [0.15, 0.2) is 53.6 Å². The van der Waals surface area contributed by atoms with Gasteiger partial charge in [0.2, 0.25) is 5.91 Å². The molecule has 2 aromatic carbocycles. The minimum atomic E-state index is -0.972. The molecule has 0 saturated carbocycles. The van der Waals surface area contributed by atoms with Crippen LogP contribution in [0.2, 0.25) is 0 Å². The molecule has 7 nitrogen and oxygen atoms in total. The Bertz CT molecular complexity index is 830. The minimum absolute atomic E-state index is 0.280. The standard InChI is InChI=1S/C17H15FN4O3/c1-10(11-2-6-13(18)7-3-11)21-22-17(25)16(24)20-14-8-4-12(5-9-14)15(19)23/h2-9H,1H3,(H2,19,23)(H,20,24)(H,22,25). The molecular weight excluding hydrogens is 327 g/mol. The molecule has 0 atom stereocenters. The van der Waals surface area contributed by atoms with E-state index in [-0.39, 0.29) is 11.4 Å². The smallest absolute Gasteiger partial charge is 0.329 e. The molecule has 0 fully saturated rings. The highest BCUT2D eigenvalue weighted by molar-refractivity contribution is 6.39. The molecule has 0 aliphatic rings.